The Morgan fingerprint density at radius 3 is 2.62 bits per heavy atom. The molecule has 3 aromatic rings. The Balaban J connectivity index is 1.49. The molecular formula is C25H34N6O2S. The quantitative estimate of drug-likeness (QED) is 0.424. The van der Waals surface area contributed by atoms with E-state index in [0.717, 1.165) is 70.1 Å². The molecule has 2 aliphatic carbocycles. The van der Waals surface area contributed by atoms with Gasteiger partial charge in [-0.2, -0.15) is 4.98 Å². The van der Waals surface area contributed by atoms with E-state index in [2.05, 4.69) is 15.6 Å². The molecule has 0 saturated heterocycles. The van der Waals surface area contributed by atoms with Crippen LogP contribution in [-0.4, -0.2) is 55.9 Å². The highest BCUT2D eigenvalue weighted by Crippen LogP contribution is 2.41. The van der Waals surface area contributed by atoms with Gasteiger partial charge in [0.25, 0.3) is 0 Å². The highest BCUT2D eigenvalue weighted by Gasteiger charge is 2.43. The number of nitrogens with one attached hydrogen (secondary N) is 2. The summed E-state index contributed by atoms with van der Waals surface area (Å²) in [4.78, 5) is 19.0. The van der Waals surface area contributed by atoms with E-state index in [4.69, 9.17) is 19.7 Å². The Morgan fingerprint density at radius 2 is 1.97 bits per heavy atom. The van der Waals surface area contributed by atoms with Crippen LogP contribution < -0.4 is 10.6 Å². The number of aromatic nitrogens is 4. The topological polar surface area (TPSA) is 105 Å². The lowest BCUT2D eigenvalue weighted by Gasteiger charge is -2.25. The van der Waals surface area contributed by atoms with Gasteiger partial charge in [-0.3, -0.25) is 4.98 Å². The van der Waals surface area contributed by atoms with Gasteiger partial charge in [0.15, 0.2) is 0 Å². The third kappa shape index (κ3) is 4.61. The summed E-state index contributed by atoms with van der Waals surface area (Å²) in [6.45, 7) is 8.51. The molecule has 0 aliphatic heterocycles. The molecule has 0 spiro atoms. The normalized spacial score (nSPS) is 21.7. The van der Waals surface area contributed by atoms with Gasteiger partial charge in [-0.05, 0) is 71.8 Å². The lowest BCUT2D eigenvalue weighted by molar-refractivity contribution is 0.0197. The van der Waals surface area contributed by atoms with Crippen molar-refractivity contribution >= 4 is 33.3 Å². The largest absolute Gasteiger partial charge is 0.390 e. The number of aryl methyl sites for hydroxylation is 2. The molecule has 0 bridgehead atoms. The van der Waals surface area contributed by atoms with E-state index in [1.54, 1.807) is 18.4 Å². The maximum absolute atomic E-state index is 10.5. The van der Waals surface area contributed by atoms with Gasteiger partial charge >= 0.3 is 0 Å². The molecule has 3 aromatic heterocycles. The predicted octanol–water partition coefficient (Wildman–Crippen LogP) is 4.71. The molecule has 182 valence electrons. The van der Waals surface area contributed by atoms with Crippen molar-refractivity contribution < 1.29 is 9.84 Å². The van der Waals surface area contributed by atoms with Crippen LogP contribution in [0.15, 0.2) is 12.3 Å². The number of methoxy groups -OCH3 is 1. The third-order valence-electron chi connectivity index (χ3n) is 7.38. The molecular weight excluding hydrogens is 448 g/mol. The fraction of sp³-hybridized carbons (Fsp3) is 0.600. The van der Waals surface area contributed by atoms with E-state index in [-0.39, 0.29) is 17.6 Å². The second kappa shape index (κ2) is 8.70. The molecule has 3 N–H and O–H groups in total. The zero-order valence-electron chi connectivity index (χ0n) is 20.6. The molecule has 2 fully saturated rings. The van der Waals surface area contributed by atoms with Gasteiger partial charge in [-0.1, -0.05) is 0 Å². The van der Waals surface area contributed by atoms with Crippen molar-refractivity contribution in [2.24, 2.45) is 5.92 Å². The average Bonchev–Trinajstić information content (AvgIpc) is 3.17. The summed E-state index contributed by atoms with van der Waals surface area (Å²) in [6.07, 6.45) is 6.83. The van der Waals surface area contributed by atoms with Gasteiger partial charge in [-0.15, -0.1) is 11.3 Å². The number of ether oxygens (including phenoxy) is 1. The van der Waals surface area contributed by atoms with Gasteiger partial charge in [-0.25, -0.2) is 9.97 Å². The van der Waals surface area contributed by atoms with Gasteiger partial charge < -0.3 is 20.5 Å². The van der Waals surface area contributed by atoms with E-state index in [0.29, 0.717) is 12.5 Å². The second-order valence-corrected chi connectivity index (χ2v) is 11.4. The van der Waals surface area contributed by atoms with Gasteiger partial charge in [0.1, 0.15) is 16.3 Å². The van der Waals surface area contributed by atoms with E-state index < -0.39 is 5.60 Å². The third-order valence-corrected chi connectivity index (χ3v) is 8.41. The van der Waals surface area contributed by atoms with Crippen LogP contribution in [0.2, 0.25) is 0 Å². The summed E-state index contributed by atoms with van der Waals surface area (Å²) in [5.74, 6) is 1.66. The molecule has 2 aliphatic rings. The van der Waals surface area contributed by atoms with Crippen molar-refractivity contribution in [2.45, 2.75) is 77.0 Å². The Kier molecular flexibility index (Phi) is 5.98. The number of nitrogens with zero attached hydrogens (tertiary/aromatic N) is 4. The van der Waals surface area contributed by atoms with Crippen molar-refractivity contribution in [1.29, 1.82) is 0 Å². The molecule has 0 aromatic carbocycles. The van der Waals surface area contributed by atoms with Crippen LogP contribution in [0, 0.1) is 19.8 Å². The molecule has 9 heteroatoms. The summed E-state index contributed by atoms with van der Waals surface area (Å²) in [5.41, 5.74) is 2.89. The maximum atomic E-state index is 10.5. The number of pyridine rings is 1. The van der Waals surface area contributed by atoms with E-state index in [1.165, 1.54) is 0 Å². The molecule has 0 amide bonds. The predicted molar refractivity (Wildman–Crippen MR) is 136 cm³/mol. The summed E-state index contributed by atoms with van der Waals surface area (Å²) in [5, 5.41) is 18.5. The standard InChI is InChI=1S/C25H34N6O2S/c1-14-19(22-30-20-15(2)26-11-8-18(20)34-22)21(29-17-7-6-16(12-17)24(3,4)32)31-23(28-14)27-13-25(33-5)9-10-25/h8,11,16-17,32H,6-7,9-10,12-13H2,1-5H3,(H2,27,28,29,31). The first-order valence-corrected chi connectivity index (χ1v) is 12.9. The van der Waals surface area contributed by atoms with Crippen LogP contribution in [0.5, 0.6) is 0 Å². The van der Waals surface area contributed by atoms with Crippen molar-refractivity contribution in [3.05, 3.63) is 23.7 Å². The van der Waals surface area contributed by atoms with Crippen molar-refractivity contribution in [3.63, 3.8) is 0 Å². The van der Waals surface area contributed by atoms with Gasteiger partial charge in [0, 0.05) is 25.9 Å². The van der Waals surface area contributed by atoms with Crippen LogP contribution in [0.25, 0.3) is 20.8 Å². The monoisotopic (exact) mass is 482 g/mol. The fourth-order valence-electron chi connectivity index (χ4n) is 4.88. The number of aliphatic hydroxyl groups is 1. The summed E-state index contributed by atoms with van der Waals surface area (Å²) >= 11 is 1.64. The Bertz CT molecular complexity index is 1200. The lowest BCUT2D eigenvalue weighted by atomic mass is 9.89. The molecule has 8 nitrogen and oxygen atoms in total. The first-order valence-electron chi connectivity index (χ1n) is 12.1. The van der Waals surface area contributed by atoms with E-state index >= 15 is 0 Å². The highest BCUT2D eigenvalue weighted by molar-refractivity contribution is 7.21. The number of rotatable bonds is 8. The fourth-order valence-corrected chi connectivity index (χ4v) is 5.99. The number of anilines is 2. The molecule has 2 atom stereocenters. The highest BCUT2D eigenvalue weighted by atomic mass is 32.1. The Labute approximate surface area is 204 Å². The van der Waals surface area contributed by atoms with Crippen LogP contribution >= 0.6 is 11.3 Å². The second-order valence-electron chi connectivity index (χ2n) is 10.4. The number of thiazole rings is 1. The van der Waals surface area contributed by atoms with E-state index in [9.17, 15) is 5.11 Å². The maximum Gasteiger partial charge on any atom is 0.225 e. The lowest BCUT2D eigenvalue weighted by Crippen LogP contribution is -2.30. The first-order chi connectivity index (χ1) is 16.2. The Hall–Kier alpha value is -2.36. The minimum absolute atomic E-state index is 0.0908. The van der Waals surface area contributed by atoms with Gasteiger partial charge in [0.05, 0.1) is 32.9 Å². The van der Waals surface area contributed by atoms with Crippen LogP contribution in [0.1, 0.15) is 57.3 Å². The molecule has 0 radical (unpaired) electrons. The molecule has 34 heavy (non-hydrogen) atoms. The number of fused-ring (bicyclic) bond motifs is 1. The van der Waals surface area contributed by atoms with Gasteiger partial charge in [0.2, 0.25) is 5.95 Å². The number of hydrogen-bond acceptors (Lipinski definition) is 9. The minimum atomic E-state index is -0.677. The van der Waals surface area contributed by atoms with Crippen molar-refractivity contribution in [3.8, 4) is 10.6 Å². The molecule has 3 heterocycles. The van der Waals surface area contributed by atoms with Crippen molar-refractivity contribution in [2.75, 3.05) is 24.3 Å². The SMILES string of the molecule is COC1(CNc2nc(C)c(-c3nc4c(C)nccc4s3)c(NC3CCC(C(C)(C)O)C3)n2)CC1. The molecule has 2 unspecified atom stereocenters. The van der Waals surface area contributed by atoms with Crippen LogP contribution in [0.4, 0.5) is 11.8 Å². The summed E-state index contributed by atoms with van der Waals surface area (Å²) < 4.78 is 6.75. The van der Waals surface area contributed by atoms with E-state index in [1.807, 2.05) is 40.0 Å². The van der Waals surface area contributed by atoms with Crippen LogP contribution in [0.3, 0.4) is 0 Å². The Morgan fingerprint density at radius 1 is 1.18 bits per heavy atom. The summed E-state index contributed by atoms with van der Waals surface area (Å²) in [6, 6.07) is 2.25. The summed E-state index contributed by atoms with van der Waals surface area (Å²) in [7, 11) is 1.76. The molecule has 2 saturated carbocycles. The molecule has 5 rings (SSSR count). The zero-order valence-corrected chi connectivity index (χ0v) is 21.4. The van der Waals surface area contributed by atoms with Crippen LogP contribution in [-0.2, 0) is 4.74 Å². The number of hydrogen-bond donors (Lipinski definition) is 3. The zero-order chi connectivity index (χ0) is 24.1. The minimum Gasteiger partial charge on any atom is -0.390 e. The van der Waals surface area contributed by atoms with Crippen molar-refractivity contribution in [1.82, 2.24) is 19.9 Å². The first kappa shape index (κ1) is 23.4. The average molecular weight is 483 g/mol. The smallest absolute Gasteiger partial charge is 0.225 e.